The predicted octanol–water partition coefficient (Wildman–Crippen LogP) is 2.31. The minimum absolute atomic E-state index is 0.134. The third-order valence-corrected chi connectivity index (χ3v) is 3.72. The van der Waals surface area contributed by atoms with Crippen molar-refractivity contribution in [1.29, 1.82) is 0 Å². The number of aromatic hydroxyl groups is 1. The number of phenols is 1. The Labute approximate surface area is 152 Å². The van der Waals surface area contributed by atoms with E-state index in [1.54, 1.807) is 37.5 Å². The number of nitrogens with one attached hydrogen (secondary N) is 1. The van der Waals surface area contributed by atoms with E-state index in [2.05, 4.69) is 5.32 Å². The number of rotatable bonds is 7. The summed E-state index contributed by atoms with van der Waals surface area (Å²) in [5, 5.41) is 12.0. The zero-order chi connectivity index (χ0) is 18.9. The first kappa shape index (κ1) is 19.1. The number of carbonyl (C=O) groups excluding carboxylic acids is 2. The third kappa shape index (κ3) is 5.66. The predicted molar refractivity (Wildman–Crippen MR) is 97.8 cm³/mol. The van der Waals surface area contributed by atoms with E-state index in [1.165, 1.54) is 25.3 Å². The van der Waals surface area contributed by atoms with Crippen LogP contribution in [0.3, 0.4) is 0 Å². The Morgan fingerprint density at radius 2 is 1.73 bits per heavy atom. The molecular formula is C20H21NO5. The zero-order valence-electron chi connectivity index (χ0n) is 14.6. The number of amides is 1. The Morgan fingerprint density at radius 1 is 1.08 bits per heavy atom. The summed E-state index contributed by atoms with van der Waals surface area (Å²) >= 11 is 0. The highest BCUT2D eigenvalue weighted by atomic mass is 16.5. The van der Waals surface area contributed by atoms with E-state index < -0.39 is 17.9 Å². The summed E-state index contributed by atoms with van der Waals surface area (Å²) in [6, 6.07) is 12.8. The van der Waals surface area contributed by atoms with Crippen molar-refractivity contribution in [3.05, 3.63) is 65.7 Å². The first-order valence-corrected chi connectivity index (χ1v) is 8.00. The smallest absolute Gasteiger partial charge is 0.328 e. The van der Waals surface area contributed by atoms with Gasteiger partial charge in [-0.3, -0.25) is 4.79 Å². The second kappa shape index (κ2) is 9.27. The Morgan fingerprint density at radius 3 is 2.31 bits per heavy atom. The van der Waals surface area contributed by atoms with E-state index >= 15 is 0 Å². The van der Waals surface area contributed by atoms with Gasteiger partial charge in [0.2, 0.25) is 5.91 Å². The molecule has 0 aliphatic carbocycles. The number of esters is 1. The van der Waals surface area contributed by atoms with Crippen molar-refractivity contribution in [2.75, 3.05) is 14.2 Å². The summed E-state index contributed by atoms with van der Waals surface area (Å²) < 4.78 is 9.84. The van der Waals surface area contributed by atoms with Crippen LogP contribution in [-0.4, -0.2) is 37.2 Å². The minimum Gasteiger partial charge on any atom is -0.508 e. The van der Waals surface area contributed by atoms with Gasteiger partial charge in [-0.15, -0.1) is 0 Å². The molecule has 26 heavy (non-hydrogen) atoms. The standard InChI is InChI=1S/C20H21NO5/c1-25-17-10-5-14(6-11-17)7-12-19(23)21-18(20(24)26-2)13-15-3-8-16(22)9-4-15/h3-12,18,22H,13H2,1-2H3,(H,21,23)/b12-7+/t18-/m0/s1. The van der Waals surface area contributed by atoms with Crippen LogP contribution in [0.1, 0.15) is 11.1 Å². The number of methoxy groups -OCH3 is 2. The number of hydrogen-bond acceptors (Lipinski definition) is 5. The van der Waals surface area contributed by atoms with Crippen molar-refractivity contribution in [2.45, 2.75) is 12.5 Å². The van der Waals surface area contributed by atoms with Gasteiger partial charge in [0.15, 0.2) is 0 Å². The lowest BCUT2D eigenvalue weighted by Crippen LogP contribution is -2.42. The normalized spacial score (nSPS) is 11.8. The van der Waals surface area contributed by atoms with E-state index in [0.29, 0.717) is 0 Å². The molecule has 0 bridgehead atoms. The van der Waals surface area contributed by atoms with Crippen LogP contribution in [0, 0.1) is 0 Å². The molecule has 1 atom stereocenters. The largest absolute Gasteiger partial charge is 0.508 e. The van der Waals surface area contributed by atoms with Gasteiger partial charge in [-0.05, 0) is 41.5 Å². The summed E-state index contributed by atoms with van der Waals surface area (Å²) in [7, 11) is 2.85. The van der Waals surface area contributed by atoms with Crippen LogP contribution in [-0.2, 0) is 20.7 Å². The molecule has 136 valence electrons. The second-order valence-electron chi connectivity index (χ2n) is 5.56. The molecule has 1 amide bonds. The lowest BCUT2D eigenvalue weighted by Gasteiger charge is -2.15. The molecule has 2 rings (SSSR count). The average Bonchev–Trinajstić information content (AvgIpc) is 2.67. The van der Waals surface area contributed by atoms with E-state index in [-0.39, 0.29) is 12.2 Å². The van der Waals surface area contributed by atoms with Crippen molar-refractivity contribution in [2.24, 2.45) is 0 Å². The summed E-state index contributed by atoms with van der Waals surface area (Å²) in [5.74, 6) is -0.0830. The lowest BCUT2D eigenvalue weighted by molar-refractivity contribution is -0.144. The molecule has 2 aromatic rings. The molecular weight excluding hydrogens is 334 g/mol. The van der Waals surface area contributed by atoms with Crippen molar-refractivity contribution < 1.29 is 24.2 Å². The maximum atomic E-state index is 12.1. The quantitative estimate of drug-likeness (QED) is 0.588. The first-order chi connectivity index (χ1) is 12.5. The van der Waals surface area contributed by atoms with Crippen molar-refractivity contribution >= 4 is 18.0 Å². The van der Waals surface area contributed by atoms with Crippen LogP contribution in [0.25, 0.3) is 6.08 Å². The Kier molecular flexibility index (Phi) is 6.79. The van der Waals surface area contributed by atoms with Crippen LogP contribution in [0.15, 0.2) is 54.6 Å². The SMILES string of the molecule is COC(=O)[C@H](Cc1ccc(O)cc1)NC(=O)/C=C/c1ccc(OC)cc1. The number of hydrogen-bond donors (Lipinski definition) is 2. The van der Waals surface area contributed by atoms with Gasteiger partial charge in [0.05, 0.1) is 14.2 Å². The molecule has 2 N–H and O–H groups in total. The van der Waals surface area contributed by atoms with Crippen molar-refractivity contribution in [1.82, 2.24) is 5.32 Å². The number of benzene rings is 2. The fourth-order valence-corrected chi connectivity index (χ4v) is 2.31. The molecule has 0 saturated heterocycles. The molecule has 6 heteroatoms. The van der Waals surface area contributed by atoms with E-state index in [4.69, 9.17) is 9.47 Å². The zero-order valence-corrected chi connectivity index (χ0v) is 14.6. The Bertz CT molecular complexity index is 766. The maximum Gasteiger partial charge on any atom is 0.328 e. The van der Waals surface area contributed by atoms with Gasteiger partial charge in [-0.1, -0.05) is 24.3 Å². The van der Waals surface area contributed by atoms with E-state index in [9.17, 15) is 14.7 Å². The van der Waals surface area contributed by atoms with Gasteiger partial charge in [0.1, 0.15) is 17.5 Å². The highest BCUT2D eigenvalue weighted by Crippen LogP contribution is 2.13. The first-order valence-electron chi connectivity index (χ1n) is 8.00. The minimum atomic E-state index is -0.822. The van der Waals surface area contributed by atoms with Gasteiger partial charge < -0.3 is 19.9 Å². The molecule has 0 saturated carbocycles. The summed E-state index contributed by atoms with van der Waals surface area (Å²) in [4.78, 5) is 24.1. The highest BCUT2D eigenvalue weighted by molar-refractivity contribution is 5.94. The Balaban J connectivity index is 2.01. The summed E-state index contributed by atoms with van der Waals surface area (Å²) in [6.07, 6.45) is 3.26. The fourth-order valence-electron chi connectivity index (χ4n) is 2.31. The number of phenolic OH excluding ortho intramolecular Hbond substituents is 1. The van der Waals surface area contributed by atoms with Crippen LogP contribution in [0.4, 0.5) is 0 Å². The molecule has 2 aromatic carbocycles. The molecule has 0 spiro atoms. The molecule has 0 aliphatic heterocycles. The Hall–Kier alpha value is -3.28. The summed E-state index contributed by atoms with van der Waals surface area (Å²) in [6.45, 7) is 0. The molecule has 0 fully saturated rings. The van der Waals surface area contributed by atoms with Crippen molar-refractivity contribution in [3.8, 4) is 11.5 Å². The van der Waals surface area contributed by atoms with Gasteiger partial charge in [-0.2, -0.15) is 0 Å². The maximum absolute atomic E-state index is 12.1. The number of carbonyl (C=O) groups is 2. The molecule has 6 nitrogen and oxygen atoms in total. The van der Waals surface area contributed by atoms with Crippen LogP contribution in [0.2, 0.25) is 0 Å². The summed E-state index contributed by atoms with van der Waals surface area (Å²) in [5.41, 5.74) is 1.62. The van der Waals surface area contributed by atoms with Gasteiger partial charge in [-0.25, -0.2) is 4.79 Å². The van der Waals surface area contributed by atoms with Gasteiger partial charge in [0.25, 0.3) is 0 Å². The highest BCUT2D eigenvalue weighted by Gasteiger charge is 2.21. The topological polar surface area (TPSA) is 84.9 Å². The molecule has 0 aliphatic rings. The van der Waals surface area contributed by atoms with Crippen LogP contribution in [0.5, 0.6) is 11.5 Å². The molecule has 0 radical (unpaired) electrons. The fraction of sp³-hybridized carbons (Fsp3) is 0.200. The van der Waals surface area contributed by atoms with Crippen molar-refractivity contribution in [3.63, 3.8) is 0 Å². The third-order valence-electron chi connectivity index (χ3n) is 3.72. The van der Waals surface area contributed by atoms with Gasteiger partial charge >= 0.3 is 5.97 Å². The monoisotopic (exact) mass is 355 g/mol. The second-order valence-corrected chi connectivity index (χ2v) is 5.56. The lowest BCUT2D eigenvalue weighted by atomic mass is 10.1. The molecule has 0 aromatic heterocycles. The van der Waals surface area contributed by atoms with E-state index in [0.717, 1.165) is 16.9 Å². The molecule has 0 heterocycles. The van der Waals surface area contributed by atoms with Crippen LogP contribution >= 0.6 is 0 Å². The average molecular weight is 355 g/mol. The van der Waals surface area contributed by atoms with Gasteiger partial charge in [0, 0.05) is 12.5 Å². The van der Waals surface area contributed by atoms with Crippen LogP contribution < -0.4 is 10.1 Å². The molecule has 0 unspecified atom stereocenters. The number of ether oxygens (including phenoxy) is 2. The van der Waals surface area contributed by atoms with E-state index in [1.807, 2.05) is 12.1 Å².